The fourth-order valence-electron chi connectivity index (χ4n) is 3.47. The van der Waals surface area contributed by atoms with Crippen molar-refractivity contribution in [1.82, 2.24) is 10.3 Å². The number of nitrogens with one attached hydrogen (secondary N) is 1. The Bertz CT molecular complexity index is 727. The van der Waals surface area contributed by atoms with Gasteiger partial charge in [-0.3, -0.25) is 4.79 Å². The van der Waals surface area contributed by atoms with E-state index >= 15 is 0 Å². The summed E-state index contributed by atoms with van der Waals surface area (Å²) >= 11 is 1.63. The number of ether oxygens (including phenoxy) is 1. The van der Waals surface area contributed by atoms with Crippen molar-refractivity contribution >= 4 is 17.2 Å². The third-order valence-corrected chi connectivity index (χ3v) is 5.62. The standard InChI is InChI=1S/C17H18N2O2S/c1-11-9-18-15(22-11)10-19-16(20)13-8-17(13)6-7-21-14-5-3-2-4-12(14)17/h2-5,9,13H,6-8,10H2,1H3,(H,19,20). The summed E-state index contributed by atoms with van der Waals surface area (Å²) in [5.74, 6) is 1.16. The molecule has 4 nitrogen and oxygen atoms in total. The highest BCUT2D eigenvalue weighted by Crippen LogP contribution is 2.60. The molecule has 1 amide bonds. The second kappa shape index (κ2) is 5.09. The van der Waals surface area contributed by atoms with Crippen molar-refractivity contribution in [3.8, 4) is 5.75 Å². The highest BCUT2D eigenvalue weighted by molar-refractivity contribution is 7.11. The molecular formula is C17H18N2O2S. The molecule has 5 heteroatoms. The lowest BCUT2D eigenvalue weighted by Crippen LogP contribution is -2.30. The van der Waals surface area contributed by atoms with Gasteiger partial charge >= 0.3 is 0 Å². The fraction of sp³-hybridized carbons (Fsp3) is 0.412. The van der Waals surface area contributed by atoms with E-state index in [4.69, 9.17) is 4.74 Å². The predicted molar refractivity (Wildman–Crippen MR) is 85.0 cm³/mol. The van der Waals surface area contributed by atoms with Crippen LogP contribution in [0.25, 0.3) is 0 Å². The molecular weight excluding hydrogens is 296 g/mol. The monoisotopic (exact) mass is 314 g/mol. The molecule has 2 aromatic rings. The molecule has 1 aromatic heterocycles. The maximum absolute atomic E-state index is 12.5. The van der Waals surface area contributed by atoms with Gasteiger partial charge in [-0.05, 0) is 25.8 Å². The van der Waals surface area contributed by atoms with E-state index in [1.807, 2.05) is 31.3 Å². The summed E-state index contributed by atoms with van der Waals surface area (Å²) in [6.07, 6.45) is 3.70. The molecule has 22 heavy (non-hydrogen) atoms. The van der Waals surface area contributed by atoms with Crippen LogP contribution in [0.1, 0.15) is 28.3 Å². The Hall–Kier alpha value is -1.88. The van der Waals surface area contributed by atoms with Crippen LogP contribution in [0, 0.1) is 12.8 Å². The van der Waals surface area contributed by atoms with Gasteiger partial charge in [0.25, 0.3) is 0 Å². The summed E-state index contributed by atoms with van der Waals surface area (Å²) in [4.78, 5) is 18.0. The van der Waals surface area contributed by atoms with Gasteiger partial charge in [0.05, 0.1) is 13.2 Å². The number of benzene rings is 1. The second-order valence-electron chi connectivity index (χ2n) is 6.09. The molecule has 4 rings (SSSR count). The highest BCUT2D eigenvalue weighted by Gasteiger charge is 2.60. The van der Waals surface area contributed by atoms with E-state index in [1.54, 1.807) is 11.3 Å². The normalized spacial score (nSPS) is 25.4. The topological polar surface area (TPSA) is 51.2 Å². The van der Waals surface area contributed by atoms with Crippen LogP contribution in [-0.2, 0) is 16.8 Å². The summed E-state index contributed by atoms with van der Waals surface area (Å²) in [6, 6.07) is 8.12. The van der Waals surface area contributed by atoms with E-state index in [1.165, 1.54) is 10.4 Å². The molecule has 1 saturated carbocycles. The van der Waals surface area contributed by atoms with E-state index in [0.29, 0.717) is 13.2 Å². The maximum Gasteiger partial charge on any atom is 0.224 e. The molecule has 1 aliphatic heterocycles. The van der Waals surface area contributed by atoms with Gasteiger partial charge in [-0.2, -0.15) is 0 Å². The Labute approximate surface area is 133 Å². The van der Waals surface area contributed by atoms with Crippen molar-refractivity contribution in [3.63, 3.8) is 0 Å². The molecule has 1 aromatic carbocycles. The molecule has 2 atom stereocenters. The number of hydrogen-bond donors (Lipinski definition) is 1. The fourth-order valence-corrected chi connectivity index (χ4v) is 4.20. The minimum Gasteiger partial charge on any atom is -0.493 e. The minimum atomic E-state index is -0.00226. The molecule has 0 bridgehead atoms. The minimum absolute atomic E-state index is 0.00226. The summed E-state index contributed by atoms with van der Waals surface area (Å²) in [5, 5.41) is 4.01. The Kier molecular flexibility index (Phi) is 3.18. The zero-order valence-electron chi connectivity index (χ0n) is 12.5. The second-order valence-corrected chi connectivity index (χ2v) is 7.41. The third kappa shape index (κ3) is 2.20. The van der Waals surface area contributed by atoms with Gasteiger partial charge in [-0.15, -0.1) is 11.3 Å². The van der Waals surface area contributed by atoms with Crippen LogP contribution in [-0.4, -0.2) is 17.5 Å². The molecule has 1 fully saturated rings. The van der Waals surface area contributed by atoms with Gasteiger partial charge in [0.15, 0.2) is 0 Å². The van der Waals surface area contributed by atoms with Crippen molar-refractivity contribution in [2.45, 2.75) is 31.7 Å². The molecule has 2 unspecified atom stereocenters. The van der Waals surface area contributed by atoms with Crippen molar-refractivity contribution in [2.75, 3.05) is 6.61 Å². The lowest BCUT2D eigenvalue weighted by atomic mass is 9.87. The molecule has 2 aliphatic rings. The number of rotatable bonds is 3. The number of hydrogen-bond acceptors (Lipinski definition) is 4. The van der Waals surface area contributed by atoms with Crippen LogP contribution in [0.2, 0.25) is 0 Å². The number of para-hydroxylation sites is 1. The molecule has 2 heterocycles. The quantitative estimate of drug-likeness (QED) is 0.948. The summed E-state index contributed by atoms with van der Waals surface area (Å²) in [5.41, 5.74) is 1.20. The highest BCUT2D eigenvalue weighted by atomic mass is 32.1. The van der Waals surface area contributed by atoms with Crippen molar-refractivity contribution in [3.05, 3.63) is 45.9 Å². The average molecular weight is 314 g/mol. The van der Waals surface area contributed by atoms with E-state index in [9.17, 15) is 4.79 Å². The lowest BCUT2D eigenvalue weighted by Gasteiger charge is -2.26. The number of aryl methyl sites for hydroxylation is 1. The van der Waals surface area contributed by atoms with Crippen LogP contribution in [0.5, 0.6) is 5.75 Å². The Morgan fingerprint density at radius 1 is 1.50 bits per heavy atom. The molecule has 1 spiro atoms. The Morgan fingerprint density at radius 2 is 2.36 bits per heavy atom. The zero-order chi connectivity index (χ0) is 15.2. The maximum atomic E-state index is 12.5. The van der Waals surface area contributed by atoms with Crippen LogP contribution < -0.4 is 10.1 Å². The van der Waals surface area contributed by atoms with Crippen molar-refractivity contribution in [1.29, 1.82) is 0 Å². The van der Waals surface area contributed by atoms with Gasteiger partial charge in [0.2, 0.25) is 5.91 Å². The Balaban J connectivity index is 1.46. The number of aromatic nitrogens is 1. The van der Waals surface area contributed by atoms with E-state index in [-0.39, 0.29) is 17.2 Å². The smallest absolute Gasteiger partial charge is 0.224 e. The zero-order valence-corrected chi connectivity index (χ0v) is 13.3. The first-order valence-electron chi connectivity index (χ1n) is 7.60. The van der Waals surface area contributed by atoms with Crippen molar-refractivity contribution < 1.29 is 9.53 Å². The van der Waals surface area contributed by atoms with E-state index in [0.717, 1.165) is 23.6 Å². The predicted octanol–water partition coefficient (Wildman–Crippen LogP) is 2.81. The van der Waals surface area contributed by atoms with Crippen LogP contribution in [0.4, 0.5) is 0 Å². The molecule has 1 aliphatic carbocycles. The third-order valence-electron chi connectivity index (χ3n) is 4.70. The SMILES string of the molecule is Cc1cnc(CNC(=O)C2CC23CCOc2ccccc23)s1. The number of carbonyl (C=O) groups is 1. The summed E-state index contributed by atoms with van der Waals surface area (Å²) < 4.78 is 5.72. The number of carbonyl (C=O) groups excluding carboxylic acids is 1. The average Bonchev–Trinajstić information content (AvgIpc) is 3.09. The molecule has 0 radical (unpaired) electrons. The van der Waals surface area contributed by atoms with Crippen LogP contribution in [0.3, 0.4) is 0 Å². The first kappa shape index (κ1) is 13.8. The van der Waals surface area contributed by atoms with Gasteiger partial charge in [0, 0.05) is 28.0 Å². The van der Waals surface area contributed by atoms with Crippen LogP contribution >= 0.6 is 11.3 Å². The number of thiazole rings is 1. The largest absolute Gasteiger partial charge is 0.493 e. The molecule has 0 saturated heterocycles. The van der Waals surface area contributed by atoms with Crippen LogP contribution in [0.15, 0.2) is 30.5 Å². The number of fused-ring (bicyclic) bond motifs is 2. The molecule has 1 N–H and O–H groups in total. The summed E-state index contributed by atoms with van der Waals surface area (Å²) in [6.45, 7) is 3.26. The Morgan fingerprint density at radius 3 is 3.18 bits per heavy atom. The van der Waals surface area contributed by atoms with Gasteiger partial charge < -0.3 is 10.1 Å². The molecule has 114 valence electrons. The first-order chi connectivity index (χ1) is 10.7. The number of amides is 1. The summed E-state index contributed by atoms with van der Waals surface area (Å²) in [7, 11) is 0. The van der Waals surface area contributed by atoms with Gasteiger partial charge in [0.1, 0.15) is 10.8 Å². The van der Waals surface area contributed by atoms with E-state index < -0.39 is 0 Å². The lowest BCUT2D eigenvalue weighted by molar-refractivity contribution is -0.123. The number of nitrogens with zero attached hydrogens (tertiary/aromatic N) is 1. The van der Waals surface area contributed by atoms with Gasteiger partial charge in [-0.1, -0.05) is 18.2 Å². The van der Waals surface area contributed by atoms with Gasteiger partial charge in [-0.25, -0.2) is 4.98 Å². The van der Waals surface area contributed by atoms with Crippen molar-refractivity contribution in [2.24, 2.45) is 5.92 Å². The first-order valence-corrected chi connectivity index (χ1v) is 8.42. The van der Waals surface area contributed by atoms with E-state index in [2.05, 4.69) is 16.4 Å².